The molecular formula is C16H21NO2. The molecule has 0 atom stereocenters. The molecule has 4 aliphatic carbocycles. The number of rotatable bonds is 3. The number of esters is 1. The van der Waals surface area contributed by atoms with Crippen LogP contribution in [0.25, 0.3) is 0 Å². The fourth-order valence-corrected chi connectivity index (χ4v) is 4.78. The zero-order valence-corrected chi connectivity index (χ0v) is 11.5. The fraction of sp³-hybridized carbons (Fsp3) is 0.750. The highest BCUT2D eigenvalue weighted by Gasteiger charge is 2.58. The second-order valence-electron chi connectivity index (χ2n) is 6.81. The molecule has 0 spiro atoms. The largest absolute Gasteiger partial charge is 0.461 e. The predicted octanol–water partition coefficient (Wildman–Crippen LogP) is 3.07. The monoisotopic (exact) mass is 259 g/mol. The van der Waals surface area contributed by atoms with Gasteiger partial charge in [-0.15, -0.1) is 0 Å². The number of ether oxygens (including phenoxy) is 1. The van der Waals surface area contributed by atoms with Gasteiger partial charge in [0.1, 0.15) is 6.61 Å². The van der Waals surface area contributed by atoms with Crippen LogP contribution in [-0.2, 0) is 9.53 Å². The third-order valence-electron chi connectivity index (χ3n) is 5.59. The van der Waals surface area contributed by atoms with Crippen LogP contribution in [0.1, 0.15) is 39.0 Å². The number of hydrogen-bond acceptors (Lipinski definition) is 3. The molecule has 0 radical (unpaired) electrons. The summed E-state index contributed by atoms with van der Waals surface area (Å²) in [5, 5.41) is 9.74. The van der Waals surface area contributed by atoms with Crippen molar-refractivity contribution in [2.24, 2.45) is 29.1 Å². The summed E-state index contributed by atoms with van der Waals surface area (Å²) in [5.74, 6) is 2.16. The van der Waals surface area contributed by atoms with Crippen LogP contribution < -0.4 is 0 Å². The van der Waals surface area contributed by atoms with E-state index in [-0.39, 0.29) is 12.6 Å². The van der Waals surface area contributed by atoms with E-state index in [9.17, 15) is 10.1 Å². The first-order valence-electron chi connectivity index (χ1n) is 7.29. The summed E-state index contributed by atoms with van der Waals surface area (Å²) in [6.07, 6.45) is 5.99. The first-order chi connectivity index (χ1) is 9.05. The van der Waals surface area contributed by atoms with Gasteiger partial charge in [-0.3, -0.25) is 0 Å². The number of nitrogens with zero attached hydrogens (tertiary/aromatic N) is 1. The Hall–Kier alpha value is -1.30. The van der Waals surface area contributed by atoms with Gasteiger partial charge in [0.05, 0.1) is 11.5 Å². The highest BCUT2D eigenvalue weighted by molar-refractivity contribution is 5.86. The number of carbonyl (C=O) groups excluding carboxylic acids is 1. The SMILES string of the molecule is C=C(C)C(=O)OCC1(C#N)C2CC3CC(C2)CC1C3. The van der Waals surface area contributed by atoms with Gasteiger partial charge in [0, 0.05) is 5.57 Å². The van der Waals surface area contributed by atoms with Gasteiger partial charge >= 0.3 is 5.97 Å². The second kappa shape index (κ2) is 4.37. The molecule has 0 N–H and O–H groups in total. The fourth-order valence-electron chi connectivity index (χ4n) is 4.78. The molecule has 0 amide bonds. The van der Waals surface area contributed by atoms with E-state index in [4.69, 9.17) is 4.74 Å². The molecule has 0 aromatic carbocycles. The third kappa shape index (κ3) is 1.89. The zero-order chi connectivity index (χ0) is 13.6. The number of nitriles is 1. The lowest BCUT2D eigenvalue weighted by Crippen LogP contribution is -2.54. The summed E-state index contributed by atoms with van der Waals surface area (Å²) in [5.41, 5.74) is -0.00432. The van der Waals surface area contributed by atoms with E-state index in [1.165, 1.54) is 6.42 Å². The summed E-state index contributed by atoms with van der Waals surface area (Å²) in [6, 6.07) is 2.55. The van der Waals surface area contributed by atoms with Gasteiger partial charge in [0.15, 0.2) is 0 Å². The summed E-state index contributed by atoms with van der Waals surface area (Å²) < 4.78 is 5.36. The normalized spacial score (nSPS) is 42.7. The zero-order valence-electron chi connectivity index (χ0n) is 11.5. The van der Waals surface area contributed by atoms with E-state index in [1.807, 2.05) is 0 Å². The lowest BCUT2D eigenvalue weighted by Gasteiger charge is -2.58. The highest BCUT2D eigenvalue weighted by atomic mass is 16.5. The quantitative estimate of drug-likeness (QED) is 0.578. The average molecular weight is 259 g/mol. The Balaban J connectivity index is 1.78. The summed E-state index contributed by atoms with van der Waals surface area (Å²) in [4.78, 5) is 11.6. The van der Waals surface area contributed by atoms with Crippen LogP contribution in [0.2, 0.25) is 0 Å². The molecule has 0 unspecified atom stereocenters. The average Bonchev–Trinajstić information content (AvgIpc) is 2.37. The molecule has 4 fully saturated rings. The van der Waals surface area contributed by atoms with Gasteiger partial charge in [-0.05, 0) is 62.7 Å². The molecule has 4 saturated carbocycles. The van der Waals surface area contributed by atoms with Crippen molar-refractivity contribution in [1.29, 1.82) is 5.26 Å². The third-order valence-corrected chi connectivity index (χ3v) is 5.59. The molecule has 0 aliphatic heterocycles. The Morgan fingerprint density at radius 2 is 1.79 bits per heavy atom. The molecule has 4 aliphatic rings. The molecule has 4 rings (SSSR count). The Labute approximate surface area is 114 Å². The minimum absolute atomic E-state index is 0.268. The standard InChI is InChI=1S/C16H21NO2/c1-10(2)15(18)19-9-16(8-17)13-4-11-3-12(6-13)7-14(16)5-11/h11-14H,1,3-7,9H2,2H3. The van der Waals surface area contributed by atoms with Gasteiger partial charge in [0.2, 0.25) is 0 Å². The maximum Gasteiger partial charge on any atom is 0.333 e. The van der Waals surface area contributed by atoms with Crippen LogP contribution in [0, 0.1) is 40.4 Å². The summed E-state index contributed by atoms with van der Waals surface area (Å²) in [6.45, 7) is 5.52. The minimum atomic E-state index is -0.418. The molecule has 19 heavy (non-hydrogen) atoms. The van der Waals surface area contributed by atoms with E-state index in [1.54, 1.807) is 6.92 Å². The van der Waals surface area contributed by atoms with Crippen molar-refractivity contribution in [2.75, 3.05) is 6.61 Å². The lowest BCUT2D eigenvalue weighted by molar-refractivity contribution is -0.152. The molecule has 3 nitrogen and oxygen atoms in total. The van der Waals surface area contributed by atoms with Crippen molar-refractivity contribution in [1.82, 2.24) is 0 Å². The van der Waals surface area contributed by atoms with Crippen LogP contribution in [0.5, 0.6) is 0 Å². The lowest BCUT2D eigenvalue weighted by atomic mass is 9.46. The van der Waals surface area contributed by atoms with E-state index in [2.05, 4.69) is 12.6 Å². The first-order valence-corrected chi connectivity index (χ1v) is 7.29. The smallest absolute Gasteiger partial charge is 0.333 e. The first kappa shape index (κ1) is 12.7. The topological polar surface area (TPSA) is 50.1 Å². The molecule has 3 heteroatoms. The van der Waals surface area contributed by atoms with Crippen LogP contribution in [-0.4, -0.2) is 12.6 Å². The number of hydrogen-bond donors (Lipinski definition) is 0. The van der Waals surface area contributed by atoms with Crippen molar-refractivity contribution >= 4 is 5.97 Å². The second-order valence-corrected chi connectivity index (χ2v) is 6.81. The van der Waals surface area contributed by atoms with Crippen LogP contribution in [0.3, 0.4) is 0 Å². The van der Waals surface area contributed by atoms with Crippen molar-refractivity contribution in [3.63, 3.8) is 0 Å². The molecule has 102 valence electrons. The van der Waals surface area contributed by atoms with Gasteiger partial charge < -0.3 is 4.74 Å². The molecular weight excluding hydrogens is 238 g/mol. The summed E-state index contributed by atoms with van der Waals surface area (Å²) >= 11 is 0. The van der Waals surface area contributed by atoms with E-state index < -0.39 is 5.41 Å². The van der Waals surface area contributed by atoms with E-state index in [0.29, 0.717) is 17.4 Å². The van der Waals surface area contributed by atoms with Gasteiger partial charge in [-0.1, -0.05) is 6.58 Å². The Bertz CT molecular complexity index is 432. The Kier molecular flexibility index (Phi) is 2.92. The van der Waals surface area contributed by atoms with Crippen molar-refractivity contribution in [3.8, 4) is 6.07 Å². The van der Waals surface area contributed by atoms with Crippen molar-refractivity contribution < 1.29 is 9.53 Å². The predicted molar refractivity (Wildman–Crippen MR) is 70.9 cm³/mol. The number of carbonyl (C=O) groups is 1. The minimum Gasteiger partial charge on any atom is -0.461 e. The molecule has 0 saturated heterocycles. The van der Waals surface area contributed by atoms with Gasteiger partial charge in [0.25, 0.3) is 0 Å². The van der Waals surface area contributed by atoms with E-state index in [0.717, 1.165) is 37.5 Å². The molecule has 4 bridgehead atoms. The Morgan fingerprint density at radius 1 is 1.26 bits per heavy atom. The van der Waals surface area contributed by atoms with Crippen molar-refractivity contribution in [2.45, 2.75) is 39.0 Å². The van der Waals surface area contributed by atoms with E-state index >= 15 is 0 Å². The molecule has 0 heterocycles. The van der Waals surface area contributed by atoms with Gasteiger partial charge in [-0.2, -0.15) is 5.26 Å². The van der Waals surface area contributed by atoms with Gasteiger partial charge in [-0.25, -0.2) is 4.79 Å². The summed E-state index contributed by atoms with van der Waals surface area (Å²) in [7, 11) is 0. The van der Waals surface area contributed by atoms with Crippen LogP contribution in [0.4, 0.5) is 0 Å². The van der Waals surface area contributed by atoms with Crippen LogP contribution in [0.15, 0.2) is 12.2 Å². The van der Waals surface area contributed by atoms with Crippen molar-refractivity contribution in [3.05, 3.63) is 12.2 Å². The molecule has 0 aromatic heterocycles. The maximum absolute atomic E-state index is 11.6. The highest BCUT2D eigenvalue weighted by Crippen LogP contribution is 2.62. The Morgan fingerprint density at radius 3 is 2.21 bits per heavy atom. The molecule has 0 aromatic rings. The van der Waals surface area contributed by atoms with Crippen LogP contribution >= 0.6 is 0 Å². The maximum atomic E-state index is 11.6.